The summed E-state index contributed by atoms with van der Waals surface area (Å²) in [5.41, 5.74) is 6.29. The molecule has 39 heavy (non-hydrogen) atoms. The summed E-state index contributed by atoms with van der Waals surface area (Å²) in [7, 11) is 5.33. The molecule has 1 atom stereocenters. The van der Waals surface area contributed by atoms with Crippen molar-refractivity contribution in [2.24, 2.45) is 13.0 Å². The average molecular weight is 535 g/mol. The van der Waals surface area contributed by atoms with Crippen molar-refractivity contribution in [1.29, 1.82) is 0 Å². The fourth-order valence-electron chi connectivity index (χ4n) is 5.68. The van der Waals surface area contributed by atoms with E-state index in [-0.39, 0.29) is 6.42 Å². The number of nitrogens with zero attached hydrogens (tertiary/aromatic N) is 2. The summed E-state index contributed by atoms with van der Waals surface area (Å²) < 4.78 is 15.4. The van der Waals surface area contributed by atoms with Crippen LogP contribution in [-0.4, -0.2) is 45.5 Å². The summed E-state index contributed by atoms with van der Waals surface area (Å²) >= 11 is 0. The smallest absolute Gasteiger partial charge is 0.308 e. The van der Waals surface area contributed by atoms with Gasteiger partial charge in [0.1, 0.15) is 11.5 Å². The van der Waals surface area contributed by atoms with Crippen LogP contribution < -0.4 is 9.47 Å². The lowest BCUT2D eigenvalue weighted by atomic mass is 9.97. The summed E-state index contributed by atoms with van der Waals surface area (Å²) in [6, 6.07) is 12.1. The Kier molecular flexibility index (Phi) is 8.53. The normalized spacial score (nSPS) is 12.2. The Labute approximate surface area is 228 Å². The summed E-state index contributed by atoms with van der Waals surface area (Å²) in [5.74, 6) is -0.641. The van der Waals surface area contributed by atoms with Crippen molar-refractivity contribution in [3.63, 3.8) is 0 Å². The highest BCUT2D eigenvalue weighted by Crippen LogP contribution is 2.34. The van der Waals surface area contributed by atoms with E-state index < -0.39 is 17.9 Å². The van der Waals surface area contributed by atoms with Crippen LogP contribution in [0.2, 0.25) is 0 Å². The van der Waals surface area contributed by atoms with Crippen LogP contribution in [0.4, 0.5) is 0 Å². The van der Waals surface area contributed by atoms with Gasteiger partial charge in [-0.2, -0.15) is 0 Å². The SMILES string of the molecule is COc1ccc2c(cc(C)n2C)c1CCCC(Cn1c(C)cc2c(CCCC(=O)O)c(OC)ccc21)C(=O)O. The number of aromatic nitrogens is 2. The highest BCUT2D eigenvalue weighted by Gasteiger charge is 2.22. The van der Waals surface area contributed by atoms with E-state index in [4.69, 9.17) is 14.6 Å². The van der Waals surface area contributed by atoms with Crippen LogP contribution in [0.25, 0.3) is 21.8 Å². The molecule has 2 heterocycles. The number of fused-ring (bicyclic) bond motifs is 2. The van der Waals surface area contributed by atoms with Crippen LogP contribution in [0.5, 0.6) is 11.5 Å². The van der Waals surface area contributed by atoms with Gasteiger partial charge in [-0.25, -0.2) is 0 Å². The van der Waals surface area contributed by atoms with E-state index >= 15 is 0 Å². The van der Waals surface area contributed by atoms with Crippen molar-refractivity contribution >= 4 is 33.7 Å². The third kappa shape index (κ3) is 5.75. The standard InChI is InChI=1S/C31H38N2O6/c1-19-16-24-22(28(38-4)14-12-26(24)32(19)3)9-6-8-21(31(36)37)18-33-20(2)17-25-23(10-7-11-30(34)35)29(39-5)15-13-27(25)33/h12-17,21H,6-11,18H2,1-5H3,(H,34,35)(H,36,37). The molecule has 0 aliphatic heterocycles. The van der Waals surface area contributed by atoms with E-state index in [1.165, 1.54) is 0 Å². The molecule has 4 rings (SSSR count). The third-order valence-corrected chi connectivity index (χ3v) is 7.88. The Morgan fingerprint density at radius 2 is 1.41 bits per heavy atom. The molecule has 0 amide bonds. The van der Waals surface area contributed by atoms with Gasteiger partial charge in [0.05, 0.1) is 20.1 Å². The van der Waals surface area contributed by atoms with Crippen LogP contribution in [0, 0.1) is 19.8 Å². The van der Waals surface area contributed by atoms with Crippen molar-refractivity contribution in [3.8, 4) is 11.5 Å². The zero-order chi connectivity index (χ0) is 28.3. The Morgan fingerprint density at radius 1 is 0.846 bits per heavy atom. The van der Waals surface area contributed by atoms with Gasteiger partial charge in [-0.1, -0.05) is 0 Å². The molecule has 0 aliphatic carbocycles. The summed E-state index contributed by atoms with van der Waals surface area (Å²) in [6.07, 6.45) is 3.13. The molecule has 0 saturated carbocycles. The zero-order valence-electron chi connectivity index (χ0n) is 23.4. The fourth-order valence-corrected chi connectivity index (χ4v) is 5.68. The molecule has 0 bridgehead atoms. The second-order valence-corrected chi connectivity index (χ2v) is 10.3. The molecule has 2 N–H and O–H groups in total. The van der Waals surface area contributed by atoms with Gasteiger partial charge >= 0.3 is 11.9 Å². The third-order valence-electron chi connectivity index (χ3n) is 7.88. The number of methoxy groups -OCH3 is 2. The average Bonchev–Trinajstić information content (AvgIpc) is 3.38. The molecule has 0 fully saturated rings. The monoisotopic (exact) mass is 534 g/mol. The molecule has 8 heteroatoms. The molecule has 0 radical (unpaired) electrons. The minimum Gasteiger partial charge on any atom is -0.496 e. The summed E-state index contributed by atoms with van der Waals surface area (Å²) in [5, 5.41) is 21.3. The first-order valence-corrected chi connectivity index (χ1v) is 13.4. The second kappa shape index (κ2) is 11.8. The number of carboxylic acids is 2. The van der Waals surface area contributed by atoms with Crippen LogP contribution >= 0.6 is 0 Å². The van der Waals surface area contributed by atoms with Crippen LogP contribution in [0.15, 0.2) is 36.4 Å². The second-order valence-electron chi connectivity index (χ2n) is 10.3. The van der Waals surface area contributed by atoms with Gasteiger partial charge in [-0.15, -0.1) is 0 Å². The highest BCUT2D eigenvalue weighted by molar-refractivity contribution is 5.88. The highest BCUT2D eigenvalue weighted by atomic mass is 16.5. The van der Waals surface area contributed by atoms with Gasteiger partial charge in [0, 0.05) is 64.3 Å². The van der Waals surface area contributed by atoms with E-state index in [2.05, 4.69) is 34.3 Å². The Hall–Kier alpha value is -3.94. The minimum atomic E-state index is -0.824. The van der Waals surface area contributed by atoms with E-state index in [9.17, 15) is 14.7 Å². The van der Waals surface area contributed by atoms with Gasteiger partial charge in [0.2, 0.25) is 0 Å². The number of aliphatic carboxylic acids is 2. The number of hydrogen-bond donors (Lipinski definition) is 2. The number of carboxylic acid groups (broad SMARTS) is 2. The lowest BCUT2D eigenvalue weighted by molar-refractivity contribution is -0.142. The summed E-state index contributed by atoms with van der Waals surface area (Å²) in [6.45, 7) is 4.42. The molecule has 0 saturated heterocycles. The lowest BCUT2D eigenvalue weighted by Crippen LogP contribution is -2.21. The Bertz CT molecular complexity index is 1510. The lowest BCUT2D eigenvalue weighted by Gasteiger charge is -2.17. The van der Waals surface area contributed by atoms with Crippen LogP contribution in [-0.2, 0) is 36.0 Å². The first-order valence-electron chi connectivity index (χ1n) is 13.4. The van der Waals surface area contributed by atoms with E-state index in [0.717, 1.165) is 62.2 Å². The molecule has 1 unspecified atom stereocenters. The first kappa shape index (κ1) is 28.1. The van der Waals surface area contributed by atoms with Crippen molar-refractivity contribution < 1.29 is 29.3 Å². The number of rotatable bonds is 13. The Morgan fingerprint density at radius 3 is 2.00 bits per heavy atom. The predicted molar refractivity (Wildman–Crippen MR) is 152 cm³/mol. The molecular formula is C31H38N2O6. The van der Waals surface area contributed by atoms with Crippen molar-refractivity contribution in [3.05, 3.63) is 58.9 Å². The quantitative estimate of drug-likeness (QED) is 0.221. The van der Waals surface area contributed by atoms with E-state index in [1.54, 1.807) is 14.2 Å². The maximum Gasteiger partial charge on any atom is 0.308 e. The zero-order valence-corrected chi connectivity index (χ0v) is 23.4. The maximum atomic E-state index is 12.4. The van der Waals surface area contributed by atoms with Gasteiger partial charge in [0.25, 0.3) is 0 Å². The van der Waals surface area contributed by atoms with E-state index in [0.29, 0.717) is 32.2 Å². The number of hydrogen-bond acceptors (Lipinski definition) is 4. The molecule has 2 aromatic heterocycles. The molecule has 0 aliphatic rings. The molecule has 4 aromatic rings. The maximum absolute atomic E-state index is 12.4. The predicted octanol–water partition coefficient (Wildman–Crippen LogP) is 5.90. The van der Waals surface area contributed by atoms with E-state index in [1.807, 2.05) is 32.2 Å². The van der Waals surface area contributed by atoms with Crippen LogP contribution in [0.3, 0.4) is 0 Å². The topological polar surface area (TPSA) is 103 Å². The largest absolute Gasteiger partial charge is 0.496 e. The van der Waals surface area contributed by atoms with Gasteiger partial charge < -0.3 is 28.8 Å². The number of aryl methyl sites for hydroxylation is 5. The minimum absolute atomic E-state index is 0.0847. The molecular weight excluding hydrogens is 496 g/mol. The number of benzene rings is 2. The van der Waals surface area contributed by atoms with Crippen molar-refractivity contribution in [1.82, 2.24) is 9.13 Å². The summed E-state index contributed by atoms with van der Waals surface area (Å²) in [4.78, 5) is 23.4. The number of carbonyl (C=O) groups is 2. The fraction of sp³-hybridized carbons (Fsp3) is 0.419. The molecule has 8 nitrogen and oxygen atoms in total. The first-order chi connectivity index (χ1) is 18.7. The van der Waals surface area contributed by atoms with Crippen molar-refractivity contribution in [2.45, 2.75) is 58.9 Å². The van der Waals surface area contributed by atoms with Crippen LogP contribution in [0.1, 0.15) is 48.2 Å². The van der Waals surface area contributed by atoms with Gasteiger partial charge in [-0.3, -0.25) is 9.59 Å². The molecule has 2 aromatic carbocycles. The molecule has 208 valence electrons. The molecule has 0 spiro atoms. The Balaban J connectivity index is 1.56. The van der Waals surface area contributed by atoms with Gasteiger partial charge in [0.15, 0.2) is 0 Å². The van der Waals surface area contributed by atoms with Gasteiger partial charge in [-0.05, 0) is 82.3 Å². The number of ether oxygens (including phenoxy) is 2. The van der Waals surface area contributed by atoms with Crippen molar-refractivity contribution in [2.75, 3.05) is 14.2 Å².